The van der Waals surface area contributed by atoms with Gasteiger partial charge < -0.3 is 31.1 Å². The van der Waals surface area contributed by atoms with Gasteiger partial charge in [-0.05, 0) is 43.4 Å². The number of aromatic nitrogens is 1. The SMILES string of the molecule is Cc1ncsc1-c1ccc([C@H](C)NC(=O)[C@@H]2C[C@@H](O)CN2C(=O)C(NC(=O)COCCCN)C(C)(C)C)cc1.Cl. The number of thiazole rings is 1. The lowest BCUT2D eigenvalue weighted by molar-refractivity contribution is -0.144. The summed E-state index contributed by atoms with van der Waals surface area (Å²) >= 11 is 1.58. The highest BCUT2D eigenvalue weighted by Crippen LogP contribution is 2.29. The van der Waals surface area contributed by atoms with Crippen molar-refractivity contribution >= 4 is 41.5 Å². The van der Waals surface area contributed by atoms with Crippen LogP contribution >= 0.6 is 23.7 Å². The van der Waals surface area contributed by atoms with Crippen LogP contribution in [0.1, 0.15) is 57.8 Å². The van der Waals surface area contributed by atoms with Gasteiger partial charge in [-0.25, -0.2) is 4.98 Å². The molecule has 10 nitrogen and oxygen atoms in total. The predicted molar refractivity (Wildman–Crippen MR) is 158 cm³/mol. The van der Waals surface area contributed by atoms with Gasteiger partial charge in [-0.2, -0.15) is 0 Å². The summed E-state index contributed by atoms with van der Waals surface area (Å²) in [6.45, 7) is 10.0. The Morgan fingerprint density at radius 3 is 2.48 bits per heavy atom. The molecule has 1 saturated heterocycles. The number of amides is 3. The Morgan fingerprint density at radius 1 is 1.23 bits per heavy atom. The number of aryl methyl sites for hydroxylation is 1. The van der Waals surface area contributed by atoms with E-state index in [9.17, 15) is 19.5 Å². The maximum Gasteiger partial charge on any atom is 0.246 e. The van der Waals surface area contributed by atoms with Gasteiger partial charge in [-0.3, -0.25) is 14.4 Å². The molecule has 5 N–H and O–H groups in total. The smallest absolute Gasteiger partial charge is 0.246 e. The second-order valence-electron chi connectivity index (χ2n) is 11.1. The average molecular weight is 596 g/mol. The van der Waals surface area contributed by atoms with Crippen molar-refractivity contribution in [2.45, 2.75) is 71.7 Å². The summed E-state index contributed by atoms with van der Waals surface area (Å²) < 4.78 is 5.33. The van der Waals surface area contributed by atoms with Gasteiger partial charge >= 0.3 is 0 Å². The fraction of sp³-hybridized carbons (Fsp3) is 0.571. The number of likely N-dealkylation sites (tertiary alicyclic amines) is 1. The first-order chi connectivity index (χ1) is 18.4. The third-order valence-electron chi connectivity index (χ3n) is 6.79. The Balaban J connectivity index is 0.00000560. The molecular weight excluding hydrogens is 554 g/mol. The van der Waals surface area contributed by atoms with E-state index >= 15 is 0 Å². The maximum absolute atomic E-state index is 13.7. The number of ether oxygens (including phenoxy) is 1. The molecule has 1 aliphatic heterocycles. The molecule has 0 saturated carbocycles. The van der Waals surface area contributed by atoms with E-state index < -0.39 is 35.4 Å². The lowest BCUT2D eigenvalue weighted by atomic mass is 9.85. The second-order valence-corrected chi connectivity index (χ2v) is 11.9. The molecule has 3 rings (SSSR count). The first-order valence-corrected chi connectivity index (χ1v) is 14.2. The number of carbonyl (C=O) groups excluding carboxylic acids is 3. The highest BCUT2D eigenvalue weighted by Gasteiger charge is 2.44. The molecule has 2 heterocycles. The number of rotatable bonds is 11. The van der Waals surface area contributed by atoms with Gasteiger partial charge in [-0.1, -0.05) is 45.0 Å². The van der Waals surface area contributed by atoms with Crippen molar-refractivity contribution in [2.24, 2.45) is 11.1 Å². The van der Waals surface area contributed by atoms with Crippen LogP contribution in [0.25, 0.3) is 10.4 Å². The summed E-state index contributed by atoms with van der Waals surface area (Å²) in [7, 11) is 0. The number of halogens is 1. The van der Waals surface area contributed by atoms with E-state index in [4.69, 9.17) is 10.5 Å². The Hall–Kier alpha value is -2.57. The number of β-amino-alcohol motifs (C(OH)–C–C–N with tert-alkyl or cyclic N) is 1. The summed E-state index contributed by atoms with van der Waals surface area (Å²) in [5.74, 6) is -1.18. The number of benzene rings is 1. The van der Waals surface area contributed by atoms with Crippen molar-refractivity contribution < 1.29 is 24.2 Å². The van der Waals surface area contributed by atoms with E-state index in [2.05, 4.69) is 15.6 Å². The molecule has 1 unspecified atom stereocenters. The molecule has 1 aromatic carbocycles. The Morgan fingerprint density at radius 2 is 1.90 bits per heavy atom. The zero-order chi connectivity index (χ0) is 28.7. The van der Waals surface area contributed by atoms with Gasteiger partial charge in [0.2, 0.25) is 17.7 Å². The van der Waals surface area contributed by atoms with Crippen LogP contribution in [0.15, 0.2) is 29.8 Å². The van der Waals surface area contributed by atoms with Gasteiger partial charge in [0, 0.05) is 19.6 Å². The highest BCUT2D eigenvalue weighted by molar-refractivity contribution is 7.13. The molecule has 1 fully saturated rings. The number of carbonyl (C=O) groups is 3. The molecule has 4 atom stereocenters. The van der Waals surface area contributed by atoms with Crippen molar-refractivity contribution in [1.82, 2.24) is 20.5 Å². The highest BCUT2D eigenvalue weighted by atomic mass is 35.5. The largest absolute Gasteiger partial charge is 0.391 e. The first-order valence-electron chi connectivity index (χ1n) is 13.3. The number of aliphatic hydroxyl groups is 1. The van der Waals surface area contributed by atoms with Crippen LogP contribution in [0, 0.1) is 12.3 Å². The number of nitrogens with two attached hydrogens (primary N) is 1. The van der Waals surface area contributed by atoms with Crippen LogP contribution < -0.4 is 16.4 Å². The fourth-order valence-corrected chi connectivity index (χ4v) is 5.38. The van der Waals surface area contributed by atoms with Gasteiger partial charge in [0.05, 0.1) is 28.2 Å². The number of hydrogen-bond acceptors (Lipinski definition) is 8. The molecule has 3 amide bonds. The van der Waals surface area contributed by atoms with Crippen LogP contribution in [0.4, 0.5) is 0 Å². The number of nitrogens with one attached hydrogen (secondary N) is 2. The summed E-state index contributed by atoms with van der Waals surface area (Å²) in [6.07, 6.45) is -0.0788. The molecule has 0 aliphatic carbocycles. The zero-order valence-electron chi connectivity index (χ0n) is 23.8. The predicted octanol–water partition coefficient (Wildman–Crippen LogP) is 2.58. The zero-order valence-corrected chi connectivity index (χ0v) is 25.4. The summed E-state index contributed by atoms with van der Waals surface area (Å²) in [5, 5.41) is 16.2. The Kier molecular flexibility index (Phi) is 12.5. The molecule has 2 aromatic rings. The van der Waals surface area contributed by atoms with Crippen molar-refractivity contribution in [1.29, 1.82) is 0 Å². The third-order valence-corrected chi connectivity index (χ3v) is 7.76. The van der Waals surface area contributed by atoms with Crippen molar-refractivity contribution in [3.05, 3.63) is 41.0 Å². The minimum absolute atomic E-state index is 0. The van der Waals surface area contributed by atoms with Crippen molar-refractivity contribution in [3.63, 3.8) is 0 Å². The van der Waals surface area contributed by atoms with Gasteiger partial charge in [0.25, 0.3) is 0 Å². The third kappa shape index (κ3) is 8.71. The van der Waals surface area contributed by atoms with Gasteiger partial charge in [-0.15, -0.1) is 23.7 Å². The van der Waals surface area contributed by atoms with Crippen LogP contribution in [-0.4, -0.2) is 77.2 Å². The molecule has 1 aliphatic rings. The van der Waals surface area contributed by atoms with Gasteiger partial charge in [0.1, 0.15) is 18.7 Å². The van der Waals surface area contributed by atoms with Gasteiger partial charge in [0.15, 0.2) is 0 Å². The van der Waals surface area contributed by atoms with Crippen LogP contribution in [0.3, 0.4) is 0 Å². The lowest BCUT2D eigenvalue weighted by Crippen LogP contribution is -2.58. The van der Waals surface area contributed by atoms with E-state index in [1.54, 1.807) is 11.3 Å². The molecule has 0 bridgehead atoms. The number of nitrogens with zero attached hydrogens (tertiary/aromatic N) is 2. The van der Waals surface area contributed by atoms with E-state index in [0.717, 1.165) is 21.7 Å². The lowest BCUT2D eigenvalue weighted by Gasteiger charge is -2.35. The van der Waals surface area contributed by atoms with E-state index in [1.807, 2.05) is 64.4 Å². The van der Waals surface area contributed by atoms with E-state index in [-0.39, 0.29) is 43.9 Å². The standard InChI is InChI=1S/C28H41N5O5S.ClH/c1-17(19-7-9-20(10-8-19)24-18(2)30-16-39-24)31-26(36)22-13-21(34)14-33(22)27(37)25(28(3,4)5)32-23(35)15-38-12-6-11-29;/h7-10,16-17,21-22,25,34H,6,11-15,29H2,1-5H3,(H,31,36)(H,32,35);1H/t17-,21+,22-,25?;/m0./s1. The van der Waals surface area contributed by atoms with E-state index in [0.29, 0.717) is 19.6 Å². The Labute approximate surface area is 246 Å². The van der Waals surface area contributed by atoms with Crippen LogP contribution in [-0.2, 0) is 19.1 Å². The first kappa shape index (κ1) is 33.6. The van der Waals surface area contributed by atoms with Crippen molar-refractivity contribution in [3.8, 4) is 10.4 Å². The minimum atomic E-state index is -0.899. The molecule has 222 valence electrons. The summed E-state index contributed by atoms with van der Waals surface area (Å²) in [4.78, 5) is 46.3. The molecule has 12 heteroatoms. The van der Waals surface area contributed by atoms with E-state index in [1.165, 1.54) is 4.90 Å². The Bertz CT molecular complexity index is 1140. The summed E-state index contributed by atoms with van der Waals surface area (Å²) in [6, 6.07) is 5.88. The molecule has 0 spiro atoms. The fourth-order valence-electron chi connectivity index (χ4n) is 4.57. The normalized spacial score (nSPS) is 18.5. The summed E-state index contributed by atoms with van der Waals surface area (Å²) in [5.41, 5.74) is 9.58. The topological polar surface area (TPSA) is 147 Å². The average Bonchev–Trinajstić information content (AvgIpc) is 3.49. The number of hydrogen-bond donors (Lipinski definition) is 4. The van der Waals surface area contributed by atoms with Crippen LogP contribution in [0.2, 0.25) is 0 Å². The monoisotopic (exact) mass is 595 g/mol. The quantitative estimate of drug-likeness (QED) is 0.292. The molecule has 40 heavy (non-hydrogen) atoms. The second kappa shape index (κ2) is 14.9. The molecular formula is C28H42ClN5O5S. The minimum Gasteiger partial charge on any atom is -0.391 e. The number of aliphatic hydroxyl groups excluding tert-OH is 1. The molecule has 0 radical (unpaired) electrons. The maximum atomic E-state index is 13.7. The molecule has 1 aromatic heterocycles. The van der Waals surface area contributed by atoms with Crippen LogP contribution in [0.5, 0.6) is 0 Å². The van der Waals surface area contributed by atoms with Crippen molar-refractivity contribution in [2.75, 3.05) is 26.3 Å².